The van der Waals surface area contributed by atoms with Crippen LogP contribution >= 0.6 is 0 Å². The summed E-state index contributed by atoms with van der Waals surface area (Å²) in [6.07, 6.45) is 4.36. The van der Waals surface area contributed by atoms with E-state index in [0.717, 1.165) is 36.3 Å². The Hall–Kier alpha value is -3.90. The highest BCUT2D eigenvalue weighted by Gasteiger charge is 2.42. The number of nitrogens with two attached hydrogens (primary N) is 2. The number of likely N-dealkylation sites (tertiary alicyclic amines) is 1. The molecule has 0 saturated carbocycles. The quantitative estimate of drug-likeness (QED) is 0.627. The van der Waals surface area contributed by atoms with Crippen LogP contribution in [-0.2, 0) is 6.61 Å². The first kappa shape index (κ1) is 20.0. The van der Waals surface area contributed by atoms with Gasteiger partial charge in [-0.2, -0.15) is 5.26 Å². The minimum Gasteiger partial charge on any atom is -0.470 e. The van der Waals surface area contributed by atoms with Gasteiger partial charge in [0, 0.05) is 36.9 Å². The number of nitrogen functional groups attached to an aromatic ring is 2. The van der Waals surface area contributed by atoms with Crippen molar-refractivity contribution < 1.29 is 4.74 Å². The molecule has 2 aliphatic heterocycles. The van der Waals surface area contributed by atoms with Crippen molar-refractivity contribution >= 4 is 17.3 Å². The van der Waals surface area contributed by atoms with E-state index in [4.69, 9.17) is 16.2 Å². The summed E-state index contributed by atoms with van der Waals surface area (Å²) in [5, 5.41) is 9.82. The number of likely N-dealkylation sites (N-methyl/N-ethyl adjacent to an activating group) is 1. The van der Waals surface area contributed by atoms with Gasteiger partial charge in [-0.05, 0) is 43.3 Å². The summed E-state index contributed by atoms with van der Waals surface area (Å²) in [5.74, 6) is 0.853. The number of fused-ring (bicyclic) bond motifs is 2. The minimum atomic E-state index is 0.199. The summed E-state index contributed by atoms with van der Waals surface area (Å²) in [7, 11) is 2.17. The lowest BCUT2D eigenvalue weighted by molar-refractivity contribution is 0.292. The molecule has 0 amide bonds. The molecule has 0 spiro atoms. The van der Waals surface area contributed by atoms with Gasteiger partial charge in [0.1, 0.15) is 18.5 Å². The highest BCUT2D eigenvalue weighted by molar-refractivity contribution is 5.71. The zero-order valence-corrected chi connectivity index (χ0v) is 17.8. The molecule has 5 rings (SSSR count). The SMILES string of the molecule is CN1CC2CC1CN2c1ccc(-c2cnc(N)c(OCc3ccnc(N)c3)n2)cc1C#N. The van der Waals surface area contributed by atoms with Crippen molar-refractivity contribution in [1.29, 1.82) is 5.26 Å². The molecule has 32 heavy (non-hydrogen) atoms. The molecule has 9 heteroatoms. The van der Waals surface area contributed by atoms with Gasteiger partial charge in [-0.3, -0.25) is 4.90 Å². The Labute approximate surface area is 186 Å². The fourth-order valence-corrected chi connectivity index (χ4v) is 4.56. The molecule has 2 aromatic heterocycles. The highest BCUT2D eigenvalue weighted by atomic mass is 16.5. The minimum absolute atomic E-state index is 0.199. The van der Waals surface area contributed by atoms with Crippen LogP contribution in [0.3, 0.4) is 0 Å². The van der Waals surface area contributed by atoms with Gasteiger partial charge in [-0.25, -0.2) is 15.0 Å². The molecule has 0 aliphatic carbocycles. The molecule has 162 valence electrons. The van der Waals surface area contributed by atoms with Crippen molar-refractivity contribution in [2.45, 2.75) is 25.1 Å². The smallest absolute Gasteiger partial charge is 0.258 e. The molecular formula is C23H24N8O. The first-order chi connectivity index (χ1) is 15.5. The molecule has 2 atom stereocenters. The summed E-state index contributed by atoms with van der Waals surface area (Å²) < 4.78 is 5.79. The van der Waals surface area contributed by atoms with Crippen LogP contribution in [0.15, 0.2) is 42.7 Å². The van der Waals surface area contributed by atoms with Crippen LogP contribution in [0.5, 0.6) is 5.88 Å². The summed E-state index contributed by atoms with van der Waals surface area (Å²) in [5.41, 5.74) is 15.5. The summed E-state index contributed by atoms with van der Waals surface area (Å²) in [6.45, 7) is 2.22. The van der Waals surface area contributed by atoms with Crippen LogP contribution in [0.25, 0.3) is 11.3 Å². The average Bonchev–Trinajstić information content (AvgIpc) is 3.38. The van der Waals surface area contributed by atoms with Crippen LogP contribution in [0, 0.1) is 11.3 Å². The van der Waals surface area contributed by atoms with Gasteiger partial charge in [-0.1, -0.05) is 6.07 Å². The lowest BCUT2D eigenvalue weighted by Gasteiger charge is -2.34. The molecule has 2 unspecified atom stereocenters. The predicted octanol–water partition coefficient (Wildman–Crippen LogP) is 2.05. The number of pyridine rings is 1. The Kier molecular flexibility index (Phi) is 4.99. The van der Waals surface area contributed by atoms with Crippen LogP contribution in [0.4, 0.5) is 17.3 Å². The lowest BCUT2D eigenvalue weighted by atomic mass is 10.1. The van der Waals surface area contributed by atoms with Crippen molar-refractivity contribution in [1.82, 2.24) is 19.9 Å². The second-order valence-corrected chi connectivity index (χ2v) is 8.30. The number of anilines is 3. The van der Waals surface area contributed by atoms with Gasteiger partial charge in [0.05, 0.1) is 23.1 Å². The van der Waals surface area contributed by atoms with Crippen LogP contribution in [-0.4, -0.2) is 52.1 Å². The Balaban J connectivity index is 1.39. The van der Waals surface area contributed by atoms with Gasteiger partial charge in [0.2, 0.25) is 0 Å². The van der Waals surface area contributed by atoms with E-state index in [1.807, 2.05) is 24.3 Å². The third kappa shape index (κ3) is 3.65. The predicted molar refractivity (Wildman–Crippen MR) is 122 cm³/mol. The molecule has 9 nitrogen and oxygen atoms in total. The number of aromatic nitrogens is 3. The molecule has 4 heterocycles. The third-order valence-corrected chi connectivity index (χ3v) is 6.22. The Morgan fingerprint density at radius 2 is 2.03 bits per heavy atom. The van der Waals surface area contributed by atoms with Crippen LogP contribution < -0.4 is 21.1 Å². The number of ether oxygens (including phenoxy) is 1. The maximum Gasteiger partial charge on any atom is 0.258 e. The topological polar surface area (TPSA) is 130 Å². The average molecular weight is 429 g/mol. The van der Waals surface area contributed by atoms with Crippen LogP contribution in [0.1, 0.15) is 17.5 Å². The van der Waals surface area contributed by atoms with Crippen molar-refractivity contribution in [3.8, 4) is 23.2 Å². The van der Waals surface area contributed by atoms with Crippen molar-refractivity contribution in [3.63, 3.8) is 0 Å². The monoisotopic (exact) mass is 428 g/mol. The largest absolute Gasteiger partial charge is 0.470 e. The van der Waals surface area contributed by atoms with Crippen LogP contribution in [0.2, 0.25) is 0 Å². The number of nitriles is 1. The second-order valence-electron chi connectivity index (χ2n) is 8.30. The van der Waals surface area contributed by atoms with Crippen molar-refractivity contribution in [2.75, 3.05) is 36.5 Å². The van der Waals surface area contributed by atoms with E-state index in [2.05, 4.69) is 37.9 Å². The number of hydrogen-bond acceptors (Lipinski definition) is 9. The fourth-order valence-electron chi connectivity index (χ4n) is 4.56. The fraction of sp³-hybridized carbons (Fsp3) is 0.304. The maximum absolute atomic E-state index is 9.82. The van der Waals surface area contributed by atoms with Crippen molar-refractivity contribution in [2.24, 2.45) is 0 Å². The Bertz CT molecular complexity index is 1200. The van der Waals surface area contributed by atoms with E-state index >= 15 is 0 Å². The standard InChI is InChI=1S/C23H24N8O/c1-30-11-18-8-17(30)12-31(18)20-3-2-15(7-16(20)9-24)19-10-28-22(26)23(29-19)32-13-14-4-5-27-21(25)6-14/h2-7,10,17-18H,8,11-13H2,1H3,(H2,25,27)(H2,26,28). The third-order valence-electron chi connectivity index (χ3n) is 6.22. The van der Waals surface area contributed by atoms with E-state index < -0.39 is 0 Å². The summed E-state index contributed by atoms with van der Waals surface area (Å²) >= 11 is 0. The molecular weight excluding hydrogens is 404 g/mol. The number of rotatable bonds is 5. The number of nitrogens with zero attached hydrogens (tertiary/aromatic N) is 6. The van der Waals surface area contributed by atoms with Crippen molar-refractivity contribution in [3.05, 3.63) is 53.9 Å². The van der Waals surface area contributed by atoms with Gasteiger partial charge in [0.15, 0.2) is 5.82 Å². The van der Waals surface area contributed by atoms with Gasteiger partial charge in [0.25, 0.3) is 5.88 Å². The number of benzene rings is 1. The van der Waals surface area contributed by atoms with E-state index in [0.29, 0.717) is 29.2 Å². The van der Waals surface area contributed by atoms with E-state index in [1.165, 1.54) is 0 Å². The van der Waals surface area contributed by atoms with Gasteiger partial charge < -0.3 is 21.1 Å². The molecule has 0 radical (unpaired) electrons. The van der Waals surface area contributed by atoms with E-state index in [-0.39, 0.29) is 18.3 Å². The van der Waals surface area contributed by atoms with E-state index in [1.54, 1.807) is 18.5 Å². The lowest BCUT2D eigenvalue weighted by Crippen LogP contribution is -2.44. The molecule has 1 aromatic carbocycles. The number of hydrogen-bond donors (Lipinski definition) is 2. The first-order valence-electron chi connectivity index (χ1n) is 10.5. The highest BCUT2D eigenvalue weighted by Crippen LogP contribution is 2.36. The first-order valence-corrected chi connectivity index (χ1v) is 10.5. The molecule has 3 aromatic rings. The molecule has 2 saturated heterocycles. The Morgan fingerprint density at radius 3 is 2.75 bits per heavy atom. The molecule has 2 bridgehead atoms. The Morgan fingerprint density at radius 1 is 1.16 bits per heavy atom. The van der Waals surface area contributed by atoms with Gasteiger partial charge >= 0.3 is 0 Å². The maximum atomic E-state index is 9.82. The normalized spacial score (nSPS) is 19.8. The zero-order chi connectivity index (χ0) is 22.2. The zero-order valence-electron chi connectivity index (χ0n) is 17.8. The second kappa shape index (κ2) is 7.98. The molecule has 2 fully saturated rings. The molecule has 2 aliphatic rings. The number of piperazine rings is 1. The summed E-state index contributed by atoms with van der Waals surface area (Å²) in [6, 6.07) is 12.8. The van der Waals surface area contributed by atoms with E-state index in [9.17, 15) is 5.26 Å². The molecule has 4 N–H and O–H groups in total. The summed E-state index contributed by atoms with van der Waals surface area (Å²) in [4.78, 5) is 17.5. The van der Waals surface area contributed by atoms with Gasteiger partial charge in [-0.15, -0.1) is 0 Å².